The van der Waals surface area contributed by atoms with Crippen molar-refractivity contribution in [3.8, 4) is 0 Å². The zero-order valence-corrected chi connectivity index (χ0v) is 4.38. The van der Waals surface area contributed by atoms with Gasteiger partial charge >= 0.3 is 6.08 Å². The van der Waals surface area contributed by atoms with Gasteiger partial charge < -0.3 is 4.70 Å². The van der Waals surface area contributed by atoms with Crippen molar-refractivity contribution in [2.75, 3.05) is 0 Å². The number of halogens is 4. The number of rotatable bonds is 0. The minimum Gasteiger partial charge on any atom is -1.00 e. The third-order valence-corrected chi connectivity index (χ3v) is 0.0714. The second-order valence-corrected chi connectivity index (χ2v) is 0.355. The van der Waals surface area contributed by atoms with Crippen molar-refractivity contribution in [2.24, 2.45) is 0 Å². The van der Waals surface area contributed by atoms with Crippen LogP contribution in [0.3, 0.4) is 0 Å². The summed E-state index contributed by atoms with van der Waals surface area (Å²) in [6.07, 6.45) is -2.30. The Hall–Kier alpha value is 0.122. The molecule has 0 heterocycles. The Balaban J connectivity index is -0.0000000800. The van der Waals surface area contributed by atoms with Crippen LogP contribution in [0.25, 0.3) is 0 Å². The third kappa shape index (κ3) is 23.1. The first-order valence-electron chi connectivity index (χ1n) is 0.817. The van der Waals surface area contributed by atoms with Crippen LogP contribution in [-0.2, 0) is 20.4 Å². The van der Waals surface area contributed by atoms with Gasteiger partial charge in [0.1, 0.15) is 0 Å². The SMILES string of the molecule is F[C]=C(F)F.[F-].[Pd]. The maximum atomic E-state index is 10.2. The summed E-state index contributed by atoms with van der Waals surface area (Å²) in [6.45, 7) is 0. The molecule has 0 saturated carbocycles. The van der Waals surface area contributed by atoms with Gasteiger partial charge in [-0.25, -0.2) is 0 Å². The fourth-order valence-corrected chi connectivity index (χ4v) is 0. The van der Waals surface area contributed by atoms with Gasteiger partial charge in [-0.3, -0.25) is 0 Å². The fourth-order valence-electron chi connectivity index (χ4n) is 0. The Labute approximate surface area is 51.4 Å². The first-order valence-corrected chi connectivity index (χ1v) is 0.817. The van der Waals surface area contributed by atoms with E-state index in [1.54, 1.807) is 0 Å². The van der Waals surface area contributed by atoms with Crippen molar-refractivity contribution in [2.45, 2.75) is 0 Å². The zero-order valence-electron chi connectivity index (χ0n) is 2.83. The van der Waals surface area contributed by atoms with E-state index in [1.165, 1.54) is 0 Å². The summed E-state index contributed by atoms with van der Waals surface area (Å²) in [7, 11) is 0. The molecule has 47 valence electrons. The molecule has 0 fully saturated rings. The quantitative estimate of drug-likeness (QED) is 0.334. The summed E-state index contributed by atoms with van der Waals surface area (Å²) in [4.78, 5) is 0. The van der Waals surface area contributed by atoms with Crippen molar-refractivity contribution in [1.82, 2.24) is 0 Å². The molecular weight excluding hydrogens is 206 g/mol. The van der Waals surface area contributed by atoms with Gasteiger partial charge in [0, 0.05) is 20.4 Å². The standard InChI is InChI=1S/C2F3.FH.Pd/c3-1-2(4)5;;/h;1H;/p-1. The van der Waals surface area contributed by atoms with E-state index in [0.717, 1.165) is 0 Å². The van der Waals surface area contributed by atoms with Crippen molar-refractivity contribution in [1.29, 1.82) is 0 Å². The normalized spacial score (nSPS) is 5.00. The predicted molar refractivity (Wildman–Crippen MR) is 10.1 cm³/mol. The van der Waals surface area contributed by atoms with E-state index in [1.807, 2.05) is 0 Å². The molecule has 0 spiro atoms. The number of hydrogen-bond donors (Lipinski definition) is 0. The maximum absolute atomic E-state index is 10.2. The van der Waals surface area contributed by atoms with Crippen LogP contribution in [0.2, 0.25) is 0 Å². The van der Waals surface area contributed by atoms with Crippen molar-refractivity contribution < 1.29 is 38.3 Å². The van der Waals surface area contributed by atoms with Gasteiger partial charge in [-0.15, -0.1) is 0 Å². The Kier molecular flexibility index (Phi) is 21.2. The minimum atomic E-state index is -2.41. The fraction of sp³-hybridized carbons (Fsp3) is 0. The molecule has 0 amide bonds. The molecule has 0 bridgehead atoms. The summed E-state index contributed by atoms with van der Waals surface area (Å²) in [5.41, 5.74) is 0. The van der Waals surface area contributed by atoms with Gasteiger partial charge in [0.05, 0.1) is 0 Å². The molecule has 0 atom stereocenters. The molecular formula is C2F4Pd-. The molecule has 0 N–H and O–H groups in total. The molecule has 0 unspecified atom stereocenters. The molecule has 5 heteroatoms. The van der Waals surface area contributed by atoms with Gasteiger partial charge in [0.15, 0.2) is 0 Å². The molecule has 0 aliphatic carbocycles. The van der Waals surface area contributed by atoms with Crippen LogP contribution in [0.15, 0.2) is 6.08 Å². The van der Waals surface area contributed by atoms with Gasteiger partial charge in [-0.05, 0) is 0 Å². The van der Waals surface area contributed by atoms with Gasteiger partial charge in [0.25, 0.3) is 0 Å². The van der Waals surface area contributed by atoms with E-state index >= 15 is 0 Å². The average molecular weight is 206 g/mol. The zero-order chi connectivity index (χ0) is 4.28. The molecule has 0 nitrogen and oxygen atoms in total. The molecule has 7 heavy (non-hydrogen) atoms. The van der Waals surface area contributed by atoms with Crippen molar-refractivity contribution in [3.63, 3.8) is 0 Å². The van der Waals surface area contributed by atoms with Crippen molar-refractivity contribution in [3.05, 3.63) is 12.4 Å². The first-order chi connectivity index (χ1) is 2.27. The molecule has 0 saturated heterocycles. The van der Waals surface area contributed by atoms with Crippen molar-refractivity contribution >= 4 is 0 Å². The third-order valence-electron chi connectivity index (χ3n) is 0.0714. The summed E-state index contributed by atoms with van der Waals surface area (Å²) in [5, 5.41) is 0. The molecule has 0 aliphatic rings. The molecule has 0 aromatic rings. The van der Waals surface area contributed by atoms with E-state index in [4.69, 9.17) is 0 Å². The van der Waals surface area contributed by atoms with E-state index in [9.17, 15) is 13.2 Å². The molecule has 0 rings (SSSR count). The molecule has 0 aromatic carbocycles. The maximum Gasteiger partial charge on any atom is 0.308 e. The molecule has 1 radical (unpaired) electrons. The van der Waals surface area contributed by atoms with Gasteiger partial charge in [-0.2, -0.15) is 13.2 Å². The first kappa shape index (κ1) is 15.7. The van der Waals surface area contributed by atoms with Crippen LogP contribution < -0.4 is 4.70 Å². The summed E-state index contributed by atoms with van der Waals surface area (Å²) in [6, 6.07) is 0. The molecule has 0 aromatic heterocycles. The van der Waals surface area contributed by atoms with Crippen LogP contribution >= 0.6 is 0 Å². The number of hydrogen-bond acceptors (Lipinski definition) is 0. The van der Waals surface area contributed by atoms with Gasteiger partial charge in [-0.1, -0.05) is 0 Å². The van der Waals surface area contributed by atoms with Crippen LogP contribution in [0.5, 0.6) is 0 Å². The smallest absolute Gasteiger partial charge is 0.308 e. The van der Waals surface area contributed by atoms with Crippen LogP contribution in [-0.4, -0.2) is 0 Å². The van der Waals surface area contributed by atoms with E-state index in [-0.39, 0.29) is 31.5 Å². The Bertz CT molecular complexity index is 47.7. The summed E-state index contributed by atoms with van der Waals surface area (Å²) in [5.74, 6) is 0. The summed E-state index contributed by atoms with van der Waals surface area (Å²) >= 11 is 0. The monoisotopic (exact) mass is 206 g/mol. The van der Waals surface area contributed by atoms with E-state index in [0.29, 0.717) is 0 Å². The van der Waals surface area contributed by atoms with E-state index < -0.39 is 6.08 Å². The average Bonchev–Trinajstić information content (AvgIpc) is 1.38. The van der Waals surface area contributed by atoms with Gasteiger partial charge in [0.2, 0.25) is 6.33 Å². The van der Waals surface area contributed by atoms with Crippen LogP contribution in [0.4, 0.5) is 13.2 Å². The Morgan fingerprint density at radius 3 is 1.43 bits per heavy atom. The van der Waals surface area contributed by atoms with E-state index in [2.05, 4.69) is 0 Å². The second-order valence-electron chi connectivity index (χ2n) is 0.355. The second kappa shape index (κ2) is 9.45. The minimum absolute atomic E-state index is 0. The largest absolute Gasteiger partial charge is 1.00 e. The Morgan fingerprint density at radius 2 is 1.43 bits per heavy atom. The topological polar surface area (TPSA) is 0 Å². The van der Waals surface area contributed by atoms with Crippen LogP contribution in [0, 0.1) is 6.33 Å². The van der Waals surface area contributed by atoms with Crippen LogP contribution in [0.1, 0.15) is 0 Å². The summed E-state index contributed by atoms with van der Waals surface area (Å²) < 4.78 is 30.5. The predicted octanol–water partition coefficient (Wildman–Crippen LogP) is -1.50. The molecule has 0 aliphatic heterocycles. The Morgan fingerprint density at radius 1 is 1.29 bits per heavy atom.